The van der Waals surface area contributed by atoms with E-state index in [0.717, 1.165) is 214 Å². The third-order valence-corrected chi connectivity index (χ3v) is 26.7. The Morgan fingerprint density at radius 2 is 0.483 bits per heavy atom. The first kappa shape index (κ1) is 87.8. The molecule has 4 saturated heterocycles. The van der Waals surface area contributed by atoms with Gasteiger partial charge in [-0.15, -0.1) is 0 Å². The van der Waals surface area contributed by atoms with Crippen molar-refractivity contribution in [2.45, 2.75) is 38.5 Å². The van der Waals surface area contributed by atoms with Crippen LogP contribution in [0.1, 0.15) is 38.5 Å². The van der Waals surface area contributed by atoms with Crippen LogP contribution in [-0.4, -0.2) is 206 Å². The Hall–Kier alpha value is -18.7. The number of fused-ring (bicyclic) bond motifs is 8. The van der Waals surface area contributed by atoms with Crippen molar-refractivity contribution in [2.75, 3.05) is 85.2 Å². The highest BCUT2D eigenvalue weighted by Gasteiger charge is 2.27. The van der Waals surface area contributed by atoms with E-state index in [1.807, 2.05) is 98.5 Å². The molecule has 0 bridgehead atoms. The number of pyridine rings is 12. The molecule has 0 radical (unpaired) electrons. The average Bonchev–Trinajstić information content (AvgIpc) is 1.63. The van der Waals surface area contributed by atoms with Crippen molar-refractivity contribution in [3.05, 3.63) is 293 Å². The molecule has 0 spiro atoms. The van der Waals surface area contributed by atoms with Crippen LogP contribution >= 0.6 is 0 Å². The van der Waals surface area contributed by atoms with E-state index in [2.05, 4.69) is 183 Å². The first-order valence-electron chi connectivity index (χ1n) is 47.6. The Balaban J connectivity index is 0.000000101. The summed E-state index contributed by atoms with van der Waals surface area (Å²) in [5.41, 5.74) is 29.2. The summed E-state index contributed by atoms with van der Waals surface area (Å²) in [6.45, 7) is 9.48. The zero-order valence-electron chi connectivity index (χ0n) is 77.4. The molecule has 0 saturated carbocycles. The average molecular weight is 1920 g/mol. The molecule has 28 rings (SSSR count). The van der Waals surface area contributed by atoms with Gasteiger partial charge < -0.3 is 44.3 Å². The van der Waals surface area contributed by atoms with Crippen molar-refractivity contribution in [1.29, 1.82) is 0 Å². The maximum Gasteiger partial charge on any atom is 0.181 e. The number of halogens is 4. The van der Waals surface area contributed by atoms with Gasteiger partial charge in [-0.2, -0.15) is 20.4 Å². The highest BCUT2D eigenvalue weighted by molar-refractivity contribution is 6.02. The molecule has 37 heteroatoms. The predicted molar refractivity (Wildman–Crippen MR) is 549 cm³/mol. The Morgan fingerprint density at radius 1 is 0.234 bits per heavy atom. The lowest BCUT2D eigenvalue weighted by molar-refractivity contribution is 0.122. The van der Waals surface area contributed by atoms with E-state index >= 15 is 0 Å². The number of nitrogens with one attached hydrogen (secondary N) is 8. The van der Waals surface area contributed by atoms with Gasteiger partial charge in [-0.1, -0.05) is 48.5 Å². The molecule has 20 aromatic heterocycles. The maximum absolute atomic E-state index is 13.9. The molecule has 24 aromatic rings. The normalized spacial score (nSPS) is 13.8. The predicted octanol–water partition coefficient (Wildman–Crippen LogP) is 20.7. The maximum atomic E-state index is 13.9. The van der Waals surface area contributed by atoms with Crippen LogP contribution in [0.3, 0.4) is 0 Å². The lowest BCUT2D eigenvalue weighted by Gasteiger charge is -2.33. The van der Waals surface area contributed by atoms with Crippen LogP contribution in [0.15, 0.2) is 270 Å². The second kappa shape index (κ2) is 37.8. The molecule has 0 atom stereocenters. The molecule has 0 amide bonds. The molecule has 4 aliphatic rings. The molecule has 4 aromatic carbocycles. The van der Waals surface area contributed by atoms with Gasteiger partial charge in [0, 0.05) is 193 Å². The van der Waals surface area contributed by atoms with Crippen LogP contribution in [0.4, 0.5) is 40.3 Å². The second-order valence-electron chi connectivity index (χ2n) is 35.9. The van der Waals surface area contributed by atoms with Gasteiger partial charge in [0.2, 0.25) is 0 Å². The first-order chi connectivity index (χ1) is 71.4. The number of ether oxygens (including phenoxy) is 1. The quantitative estimate of drug-likeness (QED) is 0.0416. The van der Waals surface area contributed by atoms with Gasteiger partial charge >= 0.3 is 0 Å². The van der Waals surface area contributed by atoms with E-state index in [1.54, 1.807) is 80.0 Å². The topological polar surface area (TPSA) is 406 Å². The number of nitrogens with zero attached hydrogens (tertiary/aromatic N) is 24. The van der Waals surface area contributed by atoms with Gasteiger partial charge in [0.25, 0.3) is 0 Å². The summed E-state index contributed by atoms with van der Waals surface area (Å²) in [6.07, 6.45) is 43.3. The summed E-state index contributed by atoms with van der Waals surface area (Å²) in [7, 11) is 0. The van der Waals surface area contributed by atoms with Gasteiger partial charge in [0.1, 0.15) is 46.0 Å². The van der Waals surface area contributed by atoms with Gasteiger partial charge in [0.05, 0.1) is 151 Å². The molecule has 24 heterocycles. The summed E-state index contributed by atoms with van der Waals surface area (Å²) < 4.78 is 61.0. The lowest BCUT2D eigenvalue weighted by atomic mass is 10.1. The third kappa shape index (κ3) is 17.5. The number of aromatic nitrogens is 28. The first-order valence-corrected chi connectivity index (χ1v) is 47.6. The van der Waals surface area contributed by atoms with E-state index in [0.29, 0.717) is 98.0 Å². The molecule has 0 aliphatic carbocycles. The summed E-state index contributed by atoms with van der Waals surface area (Å²) in [5, 5.41) is 33.2. The van der Waals surface area contributed by atoms with Gasteiger partial charge in [-0.3, -0.25) is 60.3 Å². The Bertz CT molecular complexity index is 8750. The molecule has 8 N–H and O–H groups in total. The largest absolute Gasteiger partial charge is 0.378 e. The van der Waals surface area contributed by atoms with E-state index in [-0.39, 0.29) is 23.3 Å². The third-order valence-electron chi connectivity index (χ3n) is 26.7. The highest BCUT2D eigenvalue weighted by atomic mass is 19.1. The molecular formula is C108H84F4N32O. The summed E-state index contributed by atoms with van der Waals surface area (Å²) in [6, 6.07) is 42.5. The second-order valence-corrected chi connectivity index (χ2v) is 35.9. The Morgan fingerprint density at radius 3 is 0.745 bits per heavy atom. The standard InChI is InChI=1S/C28H23FN8.C27H21FN8O.C27H21FN8.C26H19FN8/c29-20-6-4-5-17(9-20)23-15-31-16-24-25(23)34-28(33-24)26-22-11-19(13-32-27(22)36-35-26)18-10-21(14-30-12-18)37-7-2-1-3-8-37;28-19-3-1-2-16(8-19)22-14-30-15-23-24(22)33-27(32-23)25-21-10-18(12-31-26(21)35-34-25)17-9-20(13-29-11-17)36-4-6-37-7-5-36;28-19-5-3-4-16(8-19)22-14-30-15-23-24(22)33-27(32-23)25-21-10-18(12-31-26(21)35-34-25)17-9-20(13-29-11-17)36-6-1-2-7-36;27-18-4-1-3-15(7-18)21-13-29-14-22-23(21)32-26(31-22)24-20-9-17(11-30-25(20)34-33-24)16-8-19(12-28-10-16)35-5-2-6-35/h4-6,9-16H,1-3,7-8H2,(H,33,34)(H,32,35,36);1-3,8-15H,4-7H2,(H,32,33)(H,31,34,35);3-5,8-15H,1-2,6-7H2,(H,32,33)(H,31,34,35);1,3-4,7-14H,2,5-6H2,(H,31,32)(H,30,33,34). The summed E-state index contributed by atoms with van der Waals surface area (Å²) in [4.78, 5) is 95.6. The minimum absolute atomic E-state index is 0.303. The smallest absolute Gasteiger partial charge is 0.181 e. The lowest BCUT2D eigenvalue weighted by Crippen LogP contribution is -2.36. The van der Waals surface area contributed by atoms with Gasteiger partial charge in [-0.25, -0.2) is 57.4 Å². The van der Waals surface area contributed by atoms with Crippen molar-refractivity contribution < 1.29 is 22.3 Å². The van der Waals surface area contributed by atoms with E-state index in [4.69, 9.17) is 24.7 Å². The van der Waals surface area contributed by atoms with E-state index < -0.39 is 0 Å². The molecule has 145 heavy (non-hydrogen) atoms. The molecule has 33 nitrogen and oxygen atoms in total. The molecule has 4 aliphatic heterocycles. The van der Waals surface area contributed by atoms with Crippen LogP contribution in [0.5, 0.6) is 0 Å². The van der Waals surface area contributed by atoms with E-state index in [9.17, 15) is 17.6 Å². The minimum Gasteiger partial charge on any atom is -0.378 e. The highest BCUT2D eigenvalue weighted by Crippen LogP contribution is 2.42. The number of H-pyrrole nitrogens is 8. The number of imidazole rings is 4. The monoisotopic (exact) mass is 1920 g/mol. The Labute approximate surface area is 820 Å². The zero-order chi connectivity index (χ0) is 97.0. The van der Waals surface area contributed by atoms with Crippen molar-refractivity contribution in [3.8, 4) is 135 Å². The number of morpholine rings is 1. The van der Waals surface area contributed by atoms with Crippen molar-refractivity contribution in [3.63, 3.8) is 0 Å². The zero-order valence-corrected chi connectivity index (χ0v) is 77.4. The number of hydrogen-bond donors (Lipinski definition) is 8. The minimum atomic E-state index is -0.310. The van der Waals surface area contributed by atoms with Crippen LogP contribution < -0.4 is 19.6 Å². The van der Waals surface area contributed by atoms with Crippen molar-refractivity contribution in [2.24, 2.45) is 0 Å². The SMILES string of the molecule is Fc1cccc(-c2cncc3[nH]c(-c4[nH]nc5ncc(-c6cncc(N7CCC7)c6)cc45)nc23)c1.Fc1cccc(-c2cncc3[nH]c(-c4[nH]nc5ncc(-c6cncc(N7CCCC7)c6)cc45)nc23)c1.Fc1cccc(-c2cncc3[nH]c(-c4[nH]nc5ncc(-c6cncc(N7CCCCC7)c6)cc45)nc23)c1.Fc1cccc(-c2cncc3[nH]c(-c4[nH]nc5ncc(-c6cncc(N7CCOCC7)c6)cc45)nc23)c1. The molecule has 710 valence electrons. The summed E-state index contributed by atoms with van der Waals surface area (Å²) >= 11 is 0. The summed E-state index contributed by atoms with van der Waals surface area (Å²) in [5.74, 6) is 1.21. The number of hydrogen-bond acceptors (Lipinski definition) is 25. The molecule has 0 unspecified atom stereocenters. The van der Waals surface area contributed by atoms with Gasteiger partial charge in [0.15, 0.2) is 45.9 Å². The number of piperidine rings is 1. The number of benzene rings is 4. The number of anilines is 4. The fourth-order valence-corrected chi connectivity index (χ4v) is 19.2. The van der Waals surface area contributed by atoms with Crippen molar-refractivity contribution in [1.82, 2.24) is 140 Å². The van der Waals surface area contributed by atoms with Crippen molar-refractivity contribution >= 4 is 111 Å². The van der Waals surface area contributed by atoms with Crippen LogP contribution in [-0.2, 0) is 4.74 Å². The molecule has 4 fully saturated rings. The van der Waals surface area contributed by atoms with Crippen LogP contribution in [0.25, 0.3) is 223 Å². The fraction of sp³-hybridized carbons (Fsp3) is 0.148. The fourth-order valence-electron chi connectivity index (χ4n) is 19.2. The van der Waals surface area contributed by atoms with E-state index in [1.165, 1.54) is 87.1 Å². The number of rotatable bonds is 16. The Kier molecular flexibility index (Phi) is 22.9. The van der Waals surface area contributed by atoms with Crippen LogP contribution in [0, 0.1) is 23.3 Å². The number of aromatic amines is 8. The molecular weight excluding hydrogens is 1840 g/mol. The van der Waals surface area contributed by atoms with Crippen LogP contribution in [0.2, 0.25) is 0 Å². The van der Waals surface area contributed by atoms with Gasteiger partial charge in [-0.05, 0) is 158 Å².